The molecule has 4 atom stereocenters. The Morgan fingerprint density at radius 2 is 1.23 bits per heavy atom. The van der Waals surface area contributed by atoms with Crippen LogP contribution in [0, 0.1) is 11.8 Å². The number of allylic oxidation sites excluding steroid dienone is 8. The van der Waals surface area contributed by atoms with E-state index in [0.717, 1.165) is 19.1 Å². The third-order valence-electron chi connectivity index (χ3n) is 6.90. The minimum atomic E-state index is -1.82. The van der Waals surface area contributed by atoms with E-state index in [1.54, 1.807) is 3.27 Å². The molecule has 0 nitrogen and oxygen atoms in total. The van der Waals surface area contributed by atoms with Crippen LogP contribution in [0.25, 0.3) is 0 Å². The van der Waals surface area contributed by atoms with Gasteiger partial charge in [0.1, 0.15) is 0 Å². The molecule has 0 bridgehead atoms. The molecule has 0 aliphatic heterocycles. The molecule has 2 heteroatoms. The van der Waals surface area contributed by atoms with E-state index in [1.807, 2.05) is 11.1 Å². The zero-order valence-electron chi connectivity index (χ0n) is 15.3. The first-order chi connectivity index (χ1) is 12.4. The molecule has 0 amide bonds. The molecular formula is C24H27ClZr. The Hall–Kier alpha value is -0.647. The van der Waals surface area contributed by atoms with Crippen molar-refractivity contribution in [2.75, 3.05) is 0 Å². The Bertz CT molecular complexity index is 712. The Labute approximate surface area is 172 Å². The molecule has 0 spiro atoms. The minimum Gasteiger partial charge on any atom is -1.00 e. The molecule has 0 N–H and O–H groups in total. The fourth-order valence-electron chi connectivity index (χ4n) is 5.77. The molecule has 1 aromatic carbocycles. The van der Waals surface area contributed by atoms with Crippen molar-refractivity contribution in [2.24, 2.45) is 11.8 Å². The van der Waals surface area contributed by atoms with Crippen LogP contribution in [-0.2, 0) is 21.8 Å². The van der Waals surface area contributed by atoms with Gasteiger partial charge in [0.05, 0.1) is 0 Å². The van der Waals surface area contributed by atoms with E-state index in [4.69, 9.17) is 0 Å². The molecule has 2 saturated carbocycles. The van der Waals surface area contributed by atoms with Crippen LogP contribution in [-0.4, -0.2) is 0 Å². The van der Waals surface area contributed by atoms with Crippen LogP contribution in [0.15, 0.2) is 77.9 Å². The molecule has 0 aromatic heterocycles. The van der Waals surface area contributed by atoms with Gasteiger partial charge < -0.3 is 12.4 Å². The van der Waals surface area contributed by atoms with Crippen LogP contribution in [0.1, 0.15) is 38.5 Å². The molecule has 5 rings (SSSR count). The van der Waals surface area contributed by atoms with Crippen molar-refractivity contribution in [3.8, 4) is 0 Å². The Balaban J connectivity index is 0.00000168. The van der Waals surface area contributed by atoms with Crippen molar-refractivity contribution in [3.63, 3.8) is 0 Å². The smallest absolute Gasteiger partial charge is 1.00 e. The third-order valence-corrected chi connectivity index (χ3v) is 16.1. The van der Waals surface area contributed by atoms with Crippen molar-refractivity contribution in [1.29, 1.82) is 0 Å². The van der Waals surface area contributed by atoms with Gasteiger partial charge in [0.25, 0.3) is 0 Å². The summed E-state index contributed by atoms with van der Waals surface area (Å²) in [5.74, 6) is 1.73. The molecule has 4 unspecified atom stereocenters. The summed E-state index contributed by atoms with van der Waals surface area (Å²) >= 11 is -1.82. The number of halogens is 1. The maximum Gasteiger partial charge on any atom is -1.00 e. The van der Waals surface area contributed by atoms with Crippen molar-refractivity contribution < 1.29 is 34.2 Å². The molecule has 0 radical (unpaired) electrons. The number of hydrogen-bond acceptors (Lipinski definition) is 0. The number of benzene rings is 1. The van der Waals surface area contributed by atoms with Gasteiger partial charge in [-0.2, -0.15) is 0 Å². The van der Waals surface area contributed by atoms with Crippen molar-refractivity contribution in [1.82, 2.24) is 0 Å². The zero-order valence-corrected chi connectivity index (χ0v) is 18.5. The van der Waals surface area contributed by atoms with Crippen molar-refractivity contribution in [3.05, 3.63) is 77.9 Å². The van der Waals surface area contributed by atoms with E-state index in [2.05, 4.69) is 66.8 Å². The van der Waals surface area contributed by atoms with Gasteiger partial charge in [-0.25, -0.2) is 0 Å². The number of fused-ring (bicyclic) bond motifs is 2. The molecule has 4 aliphatic carbocycles. The summed E-state index contributed by atoms with van der Waals surface area (Å²) in [5, 5.41) is 0. The normalized spacial score (nSPS) is 31.5. The van der Waals surface area contributed by atoms with Crippen LogP contribution in [0.5, 0.6) is 0 Å². The summed E-state index contributed by atoms with van der Waals surface area (Å²) in [7, 11) is 0. The first-order valence-electron chi connectivity index (χ1n) is 10.1. The van der Waals surface area contributed by atoms with Gasteiger partial charge in [-0.15, -0.1) is 0 Å². The third kappa shape index (κ3) is 3.31. The fourth-order valence-corrected chi connectivity index (χ4v) is 16.1. The van der Waals surface area contributed by atoms with Crippen molar-refractivity contribution in [2.45, 2.75) is 45.8 Å². The molecular weight excluding hydrogens is 415 g/mol. The molecule has 0 saturated heterocycles. The maximum atomic E-state index is 2.51. The molecule has 134 valence electrons. The van der Waals surface area contributed by atoms with Crippen LogP contribution >= 0.6 is 0 Å². The standard InChI is InChI=1S/2C9H11.C6H5.ClH.Zr/c2*1-2-5-9-7-3-6-8(9)4-1;1-2-4-6-5-3-1;;/h2*1-2,4,6,9H,3,5,7H2;1-5H;1H;/q;;;;+1/p-1. The average Bonchev–Trinajstić information content (AvgIpc) is 3.29. The second-order valence-electron chi connectivity index (χ2n) is 8.14. The molecule has 0 heterocycles. The van der Waals surface area contributed by atoms with E-state index in [-0.39, 0.29) is 12.4 Å². The Morgan fingerprint density at radius 1 is 0.692 bits per heavy atom. The van der Waals surface area contributed by atoms with Gasteiger partial charge in [0, 0.05) is 0 Å². The second kappa shape index (κ2) is 8.16. The van der Waals surface area contributed by atoms with E-state index in [9.17, 15) is 0 Å². The van der Waals surface area contributed by atoms with Crippen LogP contribution < -0.4 is 15.7 Å². The summed E-state index contributed by atoms with van der Waals surface area (Å²) in [6.45, 7) is 0. The van der Waals surface area contributed by atoms with Gasteiger partial charge in [0.15, 0.2) is 0 Å². The molecule has 2 fully saturated rings. The van der Waals surface area contributed by atoms with E-state index >= 15 is 0 Å². The second-order valence-corrected chi connectivity index (χ2v) is 15.2. The maximum absolute atomic E-state index is 2.51. The first-order valence-corrected chi connectivity index (χ1v) is 14.1. The quantitative estimate of drug-likeness (QED) is 0.676. The average molecular weight is 442 g/mol. The number of hydrogen-bond donors (Lipinski definition) is 0. The van der Waals surface area contributed by atoms with E-state index < -0.39 is 21.8 Å². The zero-order chi connectivity index (χ0) is 16.6. The van der Waals surface area contributed by atoms with E-state index in [0.29, 0.717) is 0 Å². The van der Waals surface area contributed by atoms with Crippen LogP contribution in [0.2, 0.25) is 7.25 Å². The molecule has 1 aromatic rings. The van der Waals surface area contributed by atoms with Gasteiger partial charge >= 0.3 is 161 Å². The fraction of sp³-hybridized carbons (Fsp3) is 0.417. The molecule has 4 aliphatic rings. The predicted octanol–water partition coefficient (Wildman–Crippen LogP) is 3.10. The SMILES string of the molecule is C1=CCC2CC[CH]([Zr+]([c]3ccccc3)[CH]3CCC4CC=CC=C43)C2=C1.[Cl-]. The minimum absolute atomic E-state index is 0. The van der Waals surface area contributed by atoms with Gasteiger partial charge in [0.2, 0.25) is 0 Å². The molecule has 26 heavy (non-hydrogen) atoms. The van der Waals surface area contributed by atoms with E-state index in [1.165, 1.54) is 38.5 Å². The first kappa shape index (κ1) is 18.7. The summed E-state index contributed by atoms with van der Waals surface area (Å²) in [5.41, 5.74) is 3.69. The Kier molecular flexibility index (Phi) is 5.87. The van der Waals surface area contributed by atoms with Crippen LogP contribution in [0.3, 0.4) is 0 Å². The summed E-state index contributed by atoms with van der Waals surface area (Å²) in [6, 6.07) is 11.7. The monoisotopic (exact) mass is 440 g/mol. The van der Waals surface area contributed by atoms with Gasteiger partial charge in [-0.05, 0) is 0 Å². The predicted molar refractivity (Wildman–Crippen MR) is 103 cm³/mol. The summed E-state index contributed by atoms with van der Waals surface area (Å²) in [6.07, 6.45) is 22.9. The number of rotatable bonds is 3. The van der Waals surface area contributed by atoms with Gasteiger partial charge in [-0.1, -0.05) is 0 Å². The largest absolute Gasteiger partial charge is 1.00 e. The topological polar surface area (TPSA) is 0 Å². The summed E-state index contributed by atoms with van der Waals surface area (Å²) in [4.78, 5) is 0. The van der Waals surface area contributed by atoms with Gasteiger partial charge in [-0.3, -0.25) is 0 Å². The summed E-state index contributed by atoms with van der Waals surface area (Å²) < 4.78 is 3.65. The van der Waals surface area contributed by atoms with Crippen molar-refractivity contribution >= 4 is 3.27 Å². The van der Waals surface area contributed by atoms with Crippen LogP contribution in [0.4, 0.5) is 0 Å². The Morgan fingerprint density at radius 3 is 1.77 bits per heavy atom.